The molecule has 0 aromatic carbocycles. The monoisotopic (exact) mass is 290 g/mol. The Balaban J connectivity index is 2.27. The molecule has 1 aromatic rings. The van der Waals surface area contributed by atoms with Gasteiger partial charge in [-0.25, -0.2) is 0 Å². The lowest BCUT2D eigenvalue weighted by Gasteiger charge is -2.40. The van der Waals surface area contributed by atoms with Gasteiger partial charge in [0.1, 0.15) is 12.1 Å². The fraction of sp³-hybridized carbons (Fsp3) is 0.600. The number of carbonyl (C=O) groups excluding carboxylic acids is 2. The minimum Gasteiger partial charge on any atom is -0.343 e. The SMILES string of the molecule is CCC1NC(=O)C(C(C)C)N(Cc2cnc(C)cn2)C1=O. The summed E-state index contributed by atoms with van der Waals surface area (Å²) in [7, 11) is 0. The molecule has 1 N–H and O–H groups in total. The van der Waals surface area contributed by atoms with Gasteiger partial charge < -0.3 is 10.2 Å². The van der Waals surface area contributed by atoms with Crippen molar-refractivity contribution in [2.45, 2.75) is 52.7 Å². The van der Waals surface area contributed by atoms with E-state index in [1.165, 1.54) is 0 Å². The van der Waals surface area contributed by atoms with Crippen molar-refractivity contribution in [1.82, 2.24) is 20.2 Å². The first-order valence-corrected chi connectivity index (χ1v) is 7.32. The maximum absolute atomic E-state index is 12.6. The average Bonchev–Trinajstić information content (AvgIpc) is 2.44. The predicted molar refractivity (Wildman–Crippen MR) is 78.2 cm³/mol. The van der Waals surface area contributed by atoms with E-state index < -0.39 is 12.1 Å². The highest BCUT2D eigenvalue weighted by Gasteiger charge is 2.41. The van der Waals surface area contributed by atoms with Crippen LogP contribution in [-0.2, 0) is 16.1 Å². The van der Waals surface area contributed by atoms with Crippen molar-refractivity contribution in [3.05, 3.63) is 23.8 Å². The molecule has 2 amide bonds. The molecule has 0 bridgehead atoms. The van der Waals surface area contributed by atoms with Crippen LogP contribution >= 0.6 is 0 Å². The Kier molecular flexibility index (Phi) is 4.55. The van der Waals surface area contributed by atoms with Gasteiger partial charge in [0.2, 0.25) is 11.8 Å². The summed E-state index contributed by atoms with van der Waals surface area (Å²) >= 11 is 0. The van der Waals surface area contributed by atoms with Gasteiger partial charge in [-0.3, -0.25) is 19.6 Å². The second-order valence-corrected chi connectivity index (χ2v) is 5.77. The zero-order chi connectivity index (χ0) is 15.6. The number of hydrogen-bond acceptors (Lipinski definition) is 4. The first-order chi connectivity index (χ1) is 9.93. The zero-order valence-corrected chi connectivity index (χ0v) is 13.0. The lowest BCUT2D eigenvalue weighted by atomic mass is 9.96. The molecule has 114 valence electrons. The molecule has 1 aliphatic rings. The molecule has 2 unspecified atom stereocenters. The van der Waals surface area contributed by atoms with Gasteiger partial charge in [0.25, 0.3) is 0 Å². The first kappa shape index (κ1) is 15.4. The predicted octanol–water partition coefficient (Wildman–Crippen LogP) is 1.05. The van der Waals surface area contributed by atoms with Crippen LogP contribution in [0.1, 0.15) is 38.6 Å². The van der Waals surface area contributed by atoms with E-state index in [-0.39, 0.29) is 17.7 Å². The van der Waals surface area contributed by atoms with E-state index in [1.807, 2.05) is 27.7 Å². The van der Waals surface area contributed by atoms with E-state index >= 15 is 0 Å². The van der Waals surface area contributed by atoms with Crippen LogP contribution in [0.25, 0.3) is 0 Å². The van der Waals surface area contributed by atoms with Gasteiger partial charge in [0.05, 0.1) is 24.1 Å². The van der Waals surface area contributed by atoms with Crippen LogP contribution in [-0.4, -0.2) is 38.8 Å². The molecule has 0 spiro atoms. The Morgan fingerprint density at radius 3 is 2.52 bits per heavy atom. The molecule has 1 aliphatic heterocycles. The number of amides is 2. The van der Waals surface area contributed by atoms with E-state index in [1.54, 1.807) is 17.3 Å². The highest BCUT2D eigenvalue weighted by atomic mass is 16.2. The van der Waals surface area contributed by atoms with Gasteiger partial charge in [0, 0.05) is 6.20 Å². The molecule has 1 fully saturated rings. The fourth-order valence-corrected chi connectivity index (χ4v) is 2.59. The number of aromatic nitrogens is 2. The van der Waals surface area contributed by atoms with Crippen LogP contribution in [0, 0.1) is 12.8 Å². The molecule has 0 aliphatic carbocycles. The molecule has 2 atom stereocenters. The van der Waals surface area contributed by atoms with E-state index in [4.69, 9.17) is 0 Å². The van der Waals surface area contributed by atoms with E-state index in [0.29, 0.717) is 18.7 Å². The van der Waals surface area contributed by atoms with Crippen molar-refractivity contribution in [2.75, 3.05) is 0 Å². The molecule has 1 saturated heterocycles. The summed E-state index contributed by atoms with van der Waals surface area (Å²) in [5.74, 6) is -0.0835. The lowest BCUT2D eigenvalue weighted by molar-refractivity contribution is -0.152. The Labute approximate surface area is 125 Å². The van der Waals surface area contributed by atoms with Crippen LogP contribution < -0.4 is 5.32 Å². The number of aryl methyl sites for hydroxylation is 1. The van der Waals surface area contributed by atoms with Gasteiger partial charge in [-0.15, -0.1) is 0 Å². The highest BCUT2D eigenvalue weighted by molar-refractivity contribution is 5.97. The third-order valence-corrected chi connectivity index (χ3v) is 3.71. The first-order valence-electron chi connectivity index (χ1n) is 7.32. The molecular weight excluding hydrogens is 268 g/mol. The Morgan fingerprint density at radius 2 is 2.00 bits per heavy atom. The molecule has 6 heteroatoms. The van der Waals surface area contributed by atoms with Crippen LogP contribution in [0.3, 0.4) is 0 Å². The fourth-order valence-electron chi connectivity index (χ4n) is 2.59. The topological polar surface area (TPSA) is 75.2 Å². The quantitative estimate of drug-likeness (QED) is 0.899. The molecule has 0 radical (unpaired) electrons. The van der Waals surface area contributed by atoms with Gasteiger partial charge in [-0.2, -0.15) is 0 Å². The maximum Gasteiger partial charge on any atom is 0.246 e. The highest BCUT2D eigenvalue weighted by Crippen LogP contribution is 2.20. The molecule has 0 saturated carbocycles. The number of nitrogens with one attached hydrogen (secondary N) is 1. The van der Waals surface area contributed by atoms with Crippen molar-refractivity contribution >= 4 is 11.8 Å². The Hall–Kier alpha value is -1.98. The van der Waals surface area contributed by atoms with Crippen molar-refractivity contribution in [3.8, 4) is 0 Å². The Bertz CT molecular complexity index is 527. The van der Waals surface area contributed by atoms with Gasteiger partial charge in [-0.1, -0.05) is 20.8 Å². The van der Waals surface area contributed by atoms with Crippen LogP contribution in [0.2, 0.25) is 0 Å². The molecule has 2 heterocycles. The summed E-state index contributed by atoms with van der Waals surface area (Å²) in [6, 6.07) is -0.894. The van der Waals surface area contributed by atoms with Gasteiger partial charge >= 0.3 is 0 Å². The minimum absolute atomic E-state index is 0.0434. The number of hydrogen-bond donors (Lipinski definition) is 1. The van der Waals surface area contributed by atoms with E-state index in [0.717, 1.165) is 5.69 Å². The number of nitrogens with zero attached hydrogens (tertiary/aromatic N) is 3. The summed E-state index contributed by atoms with van der Waals surface area (Å²) < 4.78 is 0. The molecule has 21 heavy (non-hydrogen) atoms. The van der Waals surface area contributed by atoms with Crippen molar-refractivity contribution < 1.29 is 9.59 Å². The Morgan fingerprint density at radius 1 is 1.29 bits per heavy atom. The van der Waals surface area contributed by atoms with Gasteiger partial charge in [0.15, 0.2) is 0 Å². The summed E-state index contributed by atoms with van der Waals surface area (Å²) in [4.78, 5) is 34.9. The second-order valence-electron chi connectivity index (χ2n) is 5.77. The standard InChI is InChI=1S/C15H22N4O2/c1-5-12-15(21)19(13(9(2)3)14(20)18-12)8-11-7-16-10(4)6-17-11/h6-7,9,12-13H,5,8H2,1-4H3,(H,18,20). The average molecular weight is 290 g/mol. The maximum atomic E-state index is 12.6. The van der Waals surface area contributed by atoms with Crippen LogP contribution in [0.4, 0.5) is 0 Å². The summed E-state index contributed by atoms with van der Waals surface area (Å²) in [6.45, 7) is 7.96. The molecule has 1 aromatic heterocycles. The number of piperazine rings is 1. The van der Waals surface area contributed by atoms with Crippen molar-refractivity contribution in [1.29, 1.82) is 0 Å². The number of carbonyl (C=O) groups is 2. The largest absolute Gasteiger partial charge is 0.343 e. The van der Waals surface area contributed by atoms with E-state index in [2.05, 4.69) is 15.3 Å². The van der Waals surface area contributed by atoms with Crippen LogP contribution in [0.5, 0.6) is 0 Å². The zero-order valence-electron chi connectivity index (χ0n) is 13.0. The smallest absolute Gasteiger partial charge is 0.246 e. The number of rotatable bonds is 4. The van der Waals surface area contributed by atoms with Crippen LogP contribution in [0.15, 0.2) is 12.4 Å². The molecule has 6 nitrogen and oxygen atoms in total. The van der Waals surface area contributed by atoms with Crippen molar-refractivity contribution in [3.63, 3.8) is 0 Å². The summed E-state index contributed by atoms with van der Waals surface area (Å²) in [6.07, 6.45) is 3.92. The minimum atomic E-state index is -0.455. The summed E-state index contributed by atoms with van der Waals surface area (Å²) in [5.41, 5.74) is 1.53. The summed E-state index contributed by atoms with van der Waals surface area (Å²) in [5, 5.41) is 2.81. The van der Waals surface area contributed by atoms with Gasteiger partial charge in [-0.05, 0) is 19.3 Å². The second kappa shape index (κ2) is 6.20. The van der Waals surface area contributed by atoms with Crippen molar-refractivity contribution in [2.24, 2.45) is 5.92 Å². The third-order valence-electron chi connectivity index (χ3n) is 3.71. The molecular formula is C15H22N4O2. The van der Waals surface area contributed by atoms with E-state index in [9.17, 15) is 9.59 Å². The normalized spacial score (nSPS) is 22.6. The molecule has 2 rings (SSSR count). The lowest BCUT2D eigenvalue weighted by Crippen LogP contribution is -2.64. The third kappa shape index (κ3) is 3.20.